The number of anilines is 2. The van der Waals surface area contributed by atoms with Crippen molar-refractivity contribution in [3.05, 3.63) is 73.6 Å². The van der Waals surface area contributed by atoms with Crippen LogP contribution in [0.5, 0.6) is 0 Å². The molecule has 2 bridgehead atoms. The number of benzene rings is 1. The van der Waals surface area contributed by atoms with Crippen molar-refractivity contribution in [3.63, 3.8) is 0 Å². The Balaban J connectivity index is 1.24. The van der Waals surface area contributed by atoms with E-state index in [-0.39, 0.29) is 23.3 Å². The van der Waals surface area contributed by atoms with Crippen molar-refractivity contribution in [2.24, 2.45) is 0 Å². The number of carbonyl (C=O) groups is 1. The summed E-state index contributed by atoms with van der Waals surface area (Å²) in [5.74, 6) is 0.308. The normalized spacial score (nSPS) is 22.6. The van der Waals surface area contributed by atoms with E-state index >= 15 is 0 Å². The van der Waals surface area contributed by atoms with Crippen LogP contribution in [0.3, 0.4) is 0 Å². The number of carbonyl (C=O) groups excluding carboxylic acids is 1. The lowest BCUT2D eigenvalue weighted by Gasteiger charge is -2.28. The van der Waals surface area contributed by atoms with Crippen LogP contribution in [0.25, 0.3) is 11.3 Å². The van der Waals surface area contributed by atoms with Gasteiger partial charge in [0.2, 0.25) is 0 Å². The number of hydrazine groups is 1. The molecule has 3 N–H and O–H groups in total. The molecule has 6 rings (SSSR count). The zero-order valence-corrected chi connectivity index (χ0v) is 21.1. The maximum Gasteiger partial charge on any atom is 0.287 e. The third-order valence-electron chi connectivity index (χ3n) is 7.66. The van der Waals surface area contributed by atoms with Gasteiger partial charge in [-0.25, -0.2) is 9.49 Å². The minimum atomic E-state index is -0.532. The van der Waals surface area contributed by atoms with Crippen LogP contribution < -0.4 is 16.2 Å². The number of thiophene rings is 1. The molecule has 1 aromatic carbocycles. The van der Waals surface area contributed by atoms with E-state index in [1.165, 1.54) is 47.1 Å². The SMILES string of the molecule is CC1=CC(Nc2cc(-c3ccc(F)c(NC(=O)c4cc5c(s4)[C@H]4CC[C@@H]5C4)c3)n[nH]c2=O)N(C)N1C. The lowest BCUT2D eigenvalue weighted by Crippen LogP contribution is -2.41. The summed E-state index contributed by atoms with van der Waals surface area (Å²) in [6, 6.07) is 8.03. The fourth-order valence-corrected chi connectivity index (χ4v) is 6.76. The summed E-state index contributed by atoms with van der Waals surface area (Å²) in [6.45, 7) is 1.99. The quantitative estimate of drug-likeness (QED) is 0.465. The van der Waals surface area contributed by atoms with Gasteiger partial charge < -0.3 is 15.6 Å². The average Bonchev–Trinajstić information content (AvgIpc) is 3.62. The first-order valence-corrected chi connectivity index (χ1v) is 12.9. The molecule has 3 heterocycles. The summed E-state index contributed by atoms with van der Waals surface area (Å²) in [5.41, 5.74) is 3.44. The first-order valence-electron chi connectivity index (χ1n) is 12.0. The summed E-state index contributed by atoms with van der Waals surface area (Å²) in [7, 11) is 3.86. The van der Waals surface area contributed by atoms with Gasteiger partial charge in [-0.05, 0) is 80.0 Å². The van der Waals surface area contributed by atoms with Crippen LogP contribution >= 0.6 is 11.3 Å². The van der Waals surface area contributed by atoms with Crippen LogP contribution in [0.4, 0.5) is 15.8 Å². The van der Waals surface area contributed by atoms with E-state index in [0.717, 1.165) is 5.70 Å². The summed E-state index contributed by atoms with van der Waals surface area (Å²) < 4.78 is 14.7. The van der Waals surface area contributed by atoms with Gasteiger partial charge in [0, 0.05) is 30.2 Å². The average molecular weight is 507 g/mol. The number of aromatic nitrogens is 2. The van der Waals surface area contributed by atoms with Crippen LogP contribution in [-0.2, 0) is 0 Å². The number of H-pyrrole nitrogens is 1. The summed E-state index contributed by atoms with van der Waals surface area (Å²) >= 11 is 1.53. The first kappa shape index (κ1) is 22.9. The number of fused-ring (bicyclic) bond motifs is 5. The van der Waals surface area contributed by atoms with Crippen LogP contribution in [0.1, 0.15) is 58.1 Å². The van der Waals surface area contributed by atoms with Crippen molar-refractivity contribution >= 4 is 28.6 Å². The van der Waals surface area contributed by atoms with E-state index in [4.69, 9.17) is 0 Å². The molecule has 1 amide bonds. The van der Waals surface area contributed by atoms with Gasteiger partial charge in [-0.15, -0.1) is 11.3 Å². The Morgan fingerprint density at radius 3 is 2.72 bits per heavy atom. The molecule has 2 aliphatic carbocycles. The molecule has 1 aliphatic heterocycles. The van der Waals surface area contributed by atoms with Crippen molar-refractivity contribution in [1.82, 2.24) is 20.2 Å². The van der Waals surface area contributed by atoms with Crippen molar-refractivity contribution in [2.45, 2.75) is 44.2 Å². The minimum absolute atomic E-state index is 0.0762. The zero-order valence-electron chi connectivity index (χ0n) is 20.3. The Labute approximate surface area is 211 Å². The second kappa shape index (κ2) is 8.56. The number of rotatable bonds is 5. The molecule has 0 spiro atoms. The minimum Gasteiger partial charge on any atom is -0.360 e. The number of halogens is 1. The number of nitrogens with one attached hydrogen (secondary N) is 3. The van der Waals surface area contributed by atoms with Gasteiger partial charge in [0.1, 0.15) is 17.7 Å². The highest BCUT2D eigenvalue weighted by atomic mass is 32.1. The first-order chi connectivity index (χ1) is 17.3. The maximum absolute atomic E-state index is 14.7. The van der Waals surface area contributed by atoms with Gasteiger partial charge in [-0.1, -0.05) is 0 Å². The van der Waals surface area contributed by atoms with Crippen LogP contribution in [0.2, 0.25) is 0 Å². The van der Waals surface area contributed by atoms with Crippen LogP contribution in [-0.4, -0.2) is 46.4 Å². The summed E-state index contributed by atoms with van der Waals surface area (Å²) in [6.07, 6.45) is 5.40. The van der Waals surface area contributed by atoms with Crippen molar-refractivity contribution in [1.29, 1.82) is 0 Å². The smallest absolute Gasteiger partial charge is 0.287 e. The highest BCUT2D eigenvalue weighted by molar-refractivity contribution is 7.14. The van der Waals surface area contributed by atoms with E-state index in [0.29, 0.717) is 33.7 Å². The lowest BCUT2D eigenvalue weighted by molar-refractivity contribution is 0.0724. The number of allylic oxidation sites excluding steroid dienone is 1. The number of aromatic amines is 1. The van der Waals surface area contributed by atoms with Crippen LogP contribution in [0, 0.1) is 5.82 Å². The number of nitrogens with zero attached hydrogens (tertiary/aromatic N) is 3. The highest BCUT2D eigenvalue weighted by Crippen LogP contribution is 2.55. The Kier molecular flexibility index (Phi) is 5.45. The Hall–Kier alpha value is -3.50. The lowest BCUT2D eigenvalue weighted by atomic mass is 9.99. The topological polar surface area (TPSA) is 93.4 Å². The van der Waals surface area contributed by atoms with E-state index in [1.807, 2.05) is 43.2 Å². The predicted molar refractivity (Wildman–Crippen MR) is 139 cm³/mol. The van der Waals surface area contributed by atoms with E-state index in [1.54, 1.807) is 18.2 Å². The number of hydrogen-bond acceptors (Lipinski definition) is 7. The molecule has 8 nitrogen and oxygen atoms in total. The van der Waals surface area contributed by atoms with Crippen molar-refractivity contribution in [3.8, 4) is 11.3 Å². The van der Waals surface area contributed by atoms with Crippen molar-refractivity contribution in [2.75, 3.05) is 24.7 Å². The van der Waals surface area contributed by atoms with E-state index in [9.17, 15) is 14.0 Å². The number of amides is 1. The third-order valence-corrected chi connectivity index (χ3v) is 8.97. The van der Waals surface area contributed by atoms with Gasteiger partial charge >= 0.3 is 0 Å². The van der Waals surface area contributed by atoms with Gasteiger partial charge in [-0.3, -0.25) is 9.59 Å². The van der Waals surface area contributed by atoms with Gasteiger partial charge in [0.05, 0.1) is 16.3 Å². The molecule has 2 aromatic heterocycles. The van der Waals surface area contributed by atoms with Crippen LogP contribution in [0.15, 0.2) is 46.9 Å². The predicted octanol–water partition coefficient (Wildman–Crippen LogP) is 4.69. The molecule has 0 saturated heterocycles. The molecule has 36 heavy (non-hydrogen) atoms. The Bertz CT molecular complexity index is 1440. The van der Waals surface area contributed by atoms with Gasteiger partial charge in [0.15, 0.2) is 0 Å². The fourth-order valence-electron chi connectivity index (χ4n) is 5.47. The molecule has 0 radical (unpaired) electrons. The largest absolute Gasteiger partial charge is 0.360 e. The second-order valence-electron chi connectivity index (χ2n) is 9.78. The fraction of sp³-hybridized carbons (Fsp3) is 0.346. The maximum atomic E-state index is 14.7. The summed E-state index contributed by atoms with van der Waals surface area (Å²) in [4.78, 5) is 27.4. The molecule has 186 valence electrons. The number of hydrogen-bond donors (Lipinski definition) is 3. The molecule has 10 heteroatoms. The standard InChI is InChI=1S/C26H27FN6O2S/c1-13-8-23(33(3)32(13)2)28-21-12-19(30-31-25(21)34)15-6-7-18(27)20(10-15)29-26(35)22-11-17-14-4-5-16(9-14)24(17)36-22/h6-8,10-12,14,16,23H,4-5,9H2,1-3H3,(H,28,30)(H,29,35)(H,31,34)/t14-,16+,23?/m1/s1. The van der Waals surface area contributed by atoms with Gasteiger partial charge in [0.25, 0.3) is 11.5 Å². The Morgan fingerprint density at radius 1 is 1.17 bits per heavy atom. The number of likely N-dealkylation sites (N-methyl/N-ethyl adjacent to an activating group) is 1. The monoisotopic (exact) mass is 506 g/mol. The third kappa shape index (κ3) is 3.81. The zero-order chi connectivity index (χ0) is 25.1. The molecule has 3 aliphatic rings. The summed E-state index contributed by atoms with van der Waals surface area (Å²) in [5, 5.41) is 16.6. The molecular formula is C26H27FN6O2S. The molecule has 1 saturated carbocycles. The molecule has 1 fully saturated rings. The van der Waals surface area contributed by atoms with E-state index < -0.39 is 5.82 Å². The second-order valence-corrected chi connectivity index (χ2v) is 10.9. The van der Waals surface area contributed by atoms with E-state index in [2.05, 4.69) is 20.8 Å². The molecular weight excluding hydrogens is 479 g/mol. The van der Waals surface area contributed by atoms with Crippen molar-refractivity contribution < 1.29 is 9.18 Å². The molecule has 3 atom stereocenters. The molecule has 1 unspecified atom stereocenters. The van der Waals surface area contributed by atoms with Gasteiger partial charge in [-0.2, -0.15) is 10.1 Å². The highest BCUT2D eigenvalue weighted by Gasteiger charge is 2.39. The Morgan fingerprint density at radius 2 is 1.97 bits per heavy atom. The molecule has 3 aromatic rings.